The lowest BCUT2D eigenvalue weighted by Gasteiger charge is -2.51. The zero-order valence-corrected chi connectivity index (χ0v) is 12.1. The van der Waals surface area contributed by atoms with E-state index in [0.29, 0.717) is 0 Å². The molecule has 0 N–H and O–H groups in total. The van der Waals surface area contributed by atoms with Crippen LogP contribution >= 0.6 is 0 Å². The van der Waals surface area contributed by atoms with E-state index < -0.39 is 0 Å². The fourth-order valence-electron chi connectivity index (χ4n) is 4.97. The average Bonchev–Trinajstić information content (AvgIpc) is 2.42. The maximum Gasteiger partial charge on any atom is 0.159 e. The minimum absolute atomic E-state index is 0.152. The van der Waals surface area contributed by atoms with Crippen molar-refractivity contribution in [2.75, 3.05) is 0 Å². The summed E-state index contributed by atoms with van der Waals surface area (Å²) in [6.45, 7) is 1.63. The van der Waals surface area contributed by atoms with Crippen LogP contribution in [0.2, 0.25) is 0 Å². The maximum atomic E-state index is 11.3. The summed E-state index contributed by atoms with van der Waals surface area (Å²) in [5.74, 6) is 3.92. The minimum atomic E-state index is 0.152. The number of hydrogen-bond donors (Lipinski definition) is 0. The van der Waals surface area contributed by atoms with E-state index in [1.54, 1.807) is 12.5 Å². The first-order valence-corrected chi connectivity index (χ1v) is 8.01. The molecule has 5 rings (SSSR count). The van der Waals surface area contributed by atoms with Gasteiger partial charge in [-0.15, -0.1) is 0 Å². The van der Waals surface area contributed by atoms with E-state index in [1.807, 2.05) is 12.1 Å². The third-order valence-electron chi connectivity index (χ3n) is 5.73. The number of Topliss-reactive ketones (excluding diaryl/α,β-unsaturated/α-hetero) is 1. The van der Waals surface area contributed by atoms with Crippen LogP contribution in [-0.2, 0) is 0 Å². The third kappa shape index (κ3) is 2.04. The number of carbonyl (C=O) groups excluding carboxylic acids is 1. The van der Waals surface area contributed by atoms with Gasteiger partial charge in [-0.3, -0.25) is 4.79 Å². The van der Waals surface area contributed by atoms with Crippen molar-refractivity contribution in [2.24, 2.45) is 23.7 Å². The molecule has 0 saturated heterocycles. The Bertz CT molecular complexity index is 534. The molecule has 0 heterocycles. The van der Waals surface area contributed by atoms with Crippen LogP contribution < -0.4 is 0 Å². The van der Waals surface area contributed by atoms with E-state index >= 15 is 0 Å². The van der Waals surface area contributed by atoms with Crippen LogP contribution in [0.5, 0.6) is 0 Å². The summed E-state index contributed by atoms with van der Waals surface area (Å²) < 4.78 is 0. The first kappa shape index (κ1) is 12.4. The van der Waals surface area contributed by atoms with Crippen LogP contribution in [0.3, 0.4) is 0 Å². The maximum absolute atomic E-state index is 11.3. The molecule has 0 aliphatic heterocycles. The van der Waals surface area contributed by atoms with Gasteiger partial charge in [0.25, 0.3) is 0 Å². The topological polar surface area (TPSA) is 17.1 Å². The normalized spacial score (nSPS) is 34.4. The van der Waals surface area contributed by atoms with E-state index in [9.17, 15) is 4.79 Å². The van der Waals surface area contributed by atoms with E-state index in [-0.39, 0.29) is 5.78 Å². The van der Waals surface area contributed by atoms with E-state index in [0.717, 1.165) is 29.2 Å². The summed E-state index contributed by atoms with van der Waals surface area (Å²) in [4.78, 5) is 11.3. The molecule has 0 amide bonds. The van der Waals surface area contributed by atoms with Crippen molar-refractivity contribution in [3.63, 3.8) is 0 Å². The lowest BCUT2D eigenvalue weighted by molar-refractivity contribution is 0.0710. The highest BCUT2D eigenvalue weighted by atomic mass is 16.1. The van der Waals surface area contributed by atoms with Crippen molar-refractivity contribution in [1.82, 2.24) is 0 Å². The summed E-state index contributed by atoms with van der Waals surface area (Å²) in [6, 6.07) is 8.14. The Morgan fingerprint density at radius 1 is 0.950 bits per heavy atom. The highest BCUT2D eigenvalue weighted by Gasteiger charge is 2.44. The zero-order valence-electron chi connectivity index (χ0n) is 12.1. The first-order chi connectivity index (χ1) is 9.69. The Labute approximate surface area is 121 Å². The average molecular weight is 266 g/mol. The number of hydrogen-bond acceptors (Lipinski definition) is 1. The highest BCUT2D eigenvalue weighted by molar-refractivity contribution is 5.94. The monoisotopic (exact) mass is 266 g/mol. The summed E-state index contributed by atoms with van der Waals surface area (Å²) in [7, 11) is 0. The van der Waals surface area contributed by atoms with Crippen LogP contribution in [0.4, 0.5) is 0 Å². The second kappa shape index (κ2) is 4.58. The smallest absolute Gasteiger partial charge is 0.159 e. The van der Waals surface area contributed by atoms with Gasteiger partial charge in [0.15, 0.2) is 5.78 Å². The van der Waals surface area contributed by atoms with Gasteiger partial charge in [0.2, 0.25) is 0 Å². The number of carbonyl (C=O) groups is 1. The van der Waals surface area contributed by atoms with Gasteiger partial charge in [-0.25, -0.2) is 0 Å². The summed E-state index contributed by atoms with van der Waals surface area (Å²) in [6.07, 6.45) is 9.67. The molecule has 0 aromatic heterocycles. The van der Waals surface area contributed by atoms with Crippen molar-refractivity contribution in [3.8, 4) is 0 Å². The van der Waals surface area contributed by atoms with Crippen molar-refractivity contribution < 1.29 is 4.79 Å². The second-order valence-electron chi connectivity index (χ2n) is 7.13. The predicted molar refractivity (Wildman–Crippen MR) is 81.5 cm³/mol. The van der Waals surface area contributed by atoms with Crippen LogP contribution in [0.15, 0.2) is 29.8 Å². The van der Waals surface area contributed by atoms with Crippen molar-refractivity contribution in [2.45, 2.75) is 39.0 Å². The van der Waals surface area contributed by atoms with E-state index in [1.165, 1.54) is 37.7 Å². The lowest BCUT2D eigenvalue weighted by Crippen LogP contribution is -2.40. The molecule has 1 heteroatoms. The zero-order chi connectivity index (χ0) is 13.7. The summed E-state index contributed by atoms with van der Waals surface area (Å²) in [5, 5.41) is 0. The molecule has 104 valence electrons. The highest BCUT2D eigenvalue weighted by Crippen LogP contribution is 2.56. The number of allylic oxidation sites excluding steroid dienone is 1. The van der Waals surface area contributed by atoms with Gasteiger partial charge in [-0.1, -0.05) is 35.9 Å². The van der Waals surface area contributed by atoms with Gasteiger partial charge < -0.3 is 0 Å². The van der Waals surface area contributed by atoms with Crippen LogP contribution in [-0.4, -0.2) is 5.78 Å². The minimum Gasteiger partial charge on any atom is -0.295 e. The van der Waals surface area contributed by atoms with Crippen molar-refractivity contribution in [3.05, 3.63) is 41.0 Å². The molecular formula is C19H22O. The Balaban J connectivity index is 1.62. The van der Waals surface area contributed by atoms with Crippen LogP contribution in [0.1, 0.15) is 54.9 Å². The summed E-state index contributed by atoms with van der Waals surface area (Å²) in [5.41, 5.74) is 3.81. The van der Waals surface area contributed by atoms with Crippen molar-refractivity contribution in [1.29, 1.82) is 0 Å². The fourth-order valence-corrected chi connectivity index (χ4v) is 4.97. The third-order valence-corrected chi connectivity index (χ3v) is 5.73. The molecule has 0 unspecified atom stereocenters. The van der Waals surface area contributed by atoms with Gasteiger partial charge in [0.05, 0.1) is 0 Å². The van der Waals surface area contributed by atoms with Gasteiger partial charge in [-0.05, 0) is 68.3 Å². The molecule has 4 bridgehead atoms. The molecular weight excluding hydrogens is 244 g/mol. The van der Waals surface area contributed by atoms with Gasteiger partial charge in [0.1, 0.15) is 0 Å². The largest absolute Gasteiger partial charge is 0.295 e. The predicted octanol–water partition coefficient (Wildman–Crippen LogP) is 4.73. The van der Waals surface area contributed by atoms with Crippen LogP contribution in [0.25, 0.3) is 6.08 Å². The molecule has 4 saturated carbocycles. The lowest BCUT2D eigenvalue weighted by atomic mass is 9.54. The molecule has 4 aliphatic rings. The number of rotatable bonds is 2. The summed E-state index contributed by atoms with van der Waals surface area (Å²) >= 11 is 0. The van der Waals surface area contributed by atoms with E-state index in [4.69, 9.17) is 0 Å². The van der Waals surface area contributed by atoms with Crippen LogP contribution in [0, 0.1) is 23.7 Å². The fraction of sp³-hybridized carbons (Fsp3) is 0.526. The SMILES string of the molecule is CC(=O)c1ccc(C=C2C3CC4CC(C3)CC2C4)cc1. The Morgan fingerprint density at radius 3 is 2.00 bits per heavy atom. The van der Waals surface area contributed by atoms with Gasteiger partial charge in [-0.2, -0.15) is 0 Å². The Morgan fingerprint density at radius 2 is 1.50 bits per heavy atom. The molecule has 1 aromatic carbocycles. The van der Waals surface area contributed by atoms with E-state index in [2.05, 4.69) is 18.2 Å². The quantitative estimate of drug-likeness (QED) is 0.707. The molecule has 0 radical (unpaired) electrons. The molecule has 4 fully saturated rings. The molecule has 0 spiro atoms. The van der Waals surface area contributed by atoms with Gasteiger partial charge >= 0.3 is 0 Å². The first-order valence-electron chi connectivity index (χ1n) is 8.01. The van der Waals surface area contributed by atoms with Crippen molar-refractivity contribution >= 4 is 11.9 Å². The Kier molecular flexibility index (Phi) is 2.83. The Hall–Kier alpha value is -1.37. The number of benzene rings is 1. The standard InChI is InChI=1S/C19H22O/c1-12(20)16-4-2-13(3-5-16)11-19-17-7-14-6-15(9-17)10-18(19)8-14/h2-5,11,14-15,17-18H,6-10H2,1H3. The molecule has 20 heavy (non-hydrogen) atoms. The molecule has 1 aromatic rings. The molecule has 0 atom stereocenters. The molecule has 4 aliphatic carbocycles. The number of ketones is 1. The van der Waals surface area contributed by atoms with Gasteiger partial charge in [0, 0.05) is 5.56 Å². The molecule has 1 nitrogen and oxygen atoms in total. The second-order valence-corrected chi connectivity index (χ2v) is 7.13.